The first-order chi connectivity index (χ1) is 6.24. The summed E-state index contributed by atoms with van der Waals surface area (Å²) in [7, 11) is 0. The monoisotopic (exact) mass is 304 g/mol. The molecule has 3 aromatic rings. The molecule has 0 saturated heterocycles. The summed E-state index contributed by atoms with van der Waals surface area (Å²) in [4.78, 5) is 0. The number of furan rings is 1. The second-order valence-electron chi connectivity index (χ2n) is 3.20. The topological polar surface area (TPSA) is 13.1 Å². The van der Waals surface area contributed by atoms with Crippen LogP contribution in [-0.4, -0.2) is 29.0 Å². The van der Waals surface area contributed by atoms with E-state index in [9.17, 15) is 0 Å². The minimum absolute atomic E-state index is 0.548. The molecule has 0 aliphatic heterocycles. The van der Waals surface area contributed by atoms with Gasteiger partial charge in [0.1, 0.15) is 0 Å². The molecule has 0 N–H and O–H groups in total. The minimum atomic E-state index is 0.548. The van der Waals surface area contributed by atoms with Crippen molar-refractivity contribution >= 4 is 48.7 Å². The van der Waals surface area contributed by atoms with Gasteiger partial charge in [-0.2, -0.15) is 0 Å². The molecule has 3 aromatic heterocycles. The van der Waals surface area contributed by atoms with Gasteiger partial charge in [-0.15, -0.1) is 0 Å². The molecular weight excluding hydrogens is 294 g/mol. The molecule has 0 fully saturated rings. The Morgan fingerprint density at radius 1 is 0.923 bits per heavy atom. The summed E-state index contributed by atoms with van der Waals surface area (Å²) in [6, 6.07) is 4.40. The summed E-state index contributed by atoms with van der Waals surface area (Å²) in [5, 5.41) is 0. The summed E-state index contributed by atoms with van der Waals surface area (Å²) in [6.45, 7) is 4.40. The van der Waals surface area contributed by atoms with Crippen molar-refractivity contribution in [1.29, 1.82) is 0 Å². The van der Waals surface area contributed by atoms with Crippen LogP contribution in [0.15, 0.2) is 16.5 Å². The predicted octanol–water partition coefficient (Wildman–Crippen LogP) is 2.32. The Kier molecular flexibility index (Phi) is 1.66. The van der Waals surface area contributed by atoms with Gasteiger partial charge < -0.3 is 0 Å². The van der Waals surface area contributed by atoms with Crippen LogP contribution < -0.4 is 0 Å². The Balaban J connectivity index is 2.56. The summed E-state index contributed by atoms with van der Waals surface area (Å²) >= 11 is 1.10. The van der Waals surface area contributed by atoms with Crippen molar-refractivity contribution in [3.05, 3.63) is 21.0 Å². The van der Waals surface area contributed by atoms with Gasteiger partial charge in [0.05, 0.1) is 0 Å². The second kappa shape index (κ2) is 2.65. The molecule has 0 spiro atoms. The van der Waals surface area contributed by atoms with Crippen molar-refractivity contribution in [2.75, 3.05) is 0 Å². The SMILES string of the molecule is Cc1cc2oc3cc(C)[se]c3c2[se]1. The van der Waals surface area contributed by atoms with Gasteiger partial charge >= 0.3 is 88.0 Å². The molecule has 0 aromatic carbocycles. The molecule has 0 atom stereocenters. The average molecular weight is 302 g/mol. The zero-order chi connectivity index (χ0) is 9.00. The fourth-order valence-corrected chi connectivity index (χ4v) is 6.18. The molecule has 0 bridgehead atoms. The summed E-state index contributed by atoms with van der Waals surface area (Å²) in [5.41, 5.74) is 2.29. The predicted molar refractivity (Wildman–Crippen MR) is 57.1 cm³/mol. The van der Waals surface area contributed by atoms with Gasteiger partial charge in [-0.3, -0.25) is 0 Å². The van der Waals surface area contributed by atoms with Crippen LogP contribution in [0, 0.1) is 13.8 Å². The van der Waals surface area contributed by atoms with E-state index in [1.807, 2.05) is 0 Å². The molecule has 1 nitrogen and oxygen atoms in total. The van der Waals surface area contributed by atoms with Gasteiger partial charge in [0.15, 0.2) is 0 Å². The van der Waals surface area contributed by atoms with Gasteiger partial charge in [-0.1, -0.05) is 0 Å². The first-order valence-electron chi connectivity index (χ1n) is 4.13. The first kappa shape index (κ1) is 8.14. The van der Waals surface area contributed by atoms with Crippen LogP contribution in [0.5, 0.6) is 0 Å². The summed E-state index contributed by atoms with van der Waals surface area (Å²) in [5.74, 6) is 0. The number of hydrogen-bond acceptors (Lipinski definition) is 1. The van der Waals surface area contributed by atoms with E-state index in [-0.39, 0.29) is 0 Å². The molecule has 0 radical (unpaired) electrons. The van der Waals surface area contributed by atoms with E-state index in [0.717, 1.165) is 11.2 Å². The molecule has 0 amide bonds. The standard InChI is InChI=1S/C10H8OSe2/c1-5-3-7-9(12-5)10-8(11-7)4-6(2)13-10/h3-4H,1-2H3. The molecule has 66 valence electrons. The maximum absolute atomic E-state index is 5.79. The molecule has 13 heavy (non-hydrogen) atoms. The molecular formula is C10H8OSe2. The number of rotatable bonds is 0. The van der Waals surface area contributed by atoms with Crippen LogP contribution in [0.25, 0.3) is 19.7 Å². The van der Waals surface area contributed by atoms with E-state index in [0.29, 0.717) is 29.0 Å². The zero-order valence-electron chi connectivity index (χ0n) is 7.38. The number of hydrogen-bond donors (Lipinski definition) is 0. The normalized spacial score (nSPS) is 11.8. The Morgan fingerprint density at radius 3 is 1.85 bits per heavy atom. The van der Waals surface area contributed by atoms with Crippen molar-refractivity contribution in [1.82, 2.24) is 0 Å². The summed E-state index contributed by atoms with van der Waals surface area (Å²) < 4.78 is 11.8. The number of fused-ring (bicyclic) bond motifs is 3. The van der Waals surface area contributed by atoms with E-state index in [1.54, 1.807) is 0 Å². The van der Waals surface area contributed by atoms with Crippen LogP contribution in [0.1, 0.15) is 8.87 Å². The van der Waals surface area contributed by atoms with Gasteiger partial charge in [-0.05, 0) is 0 Å². The van der Waals surface area contributed by atoms with Crippen LogP contribution in [0.4, 0.5) is 0 Å². The Labute approximate surface area is 87.8 Å². The van der Waals surface area contributed by atoms with Gasteiger partial charge in [0, 0.05) is 0 Å². The molecule has 0 saturated carbocycles. The van der Waals surface area contributed by atoms with Crippen LogP contribution in [0.3, 0.4) is 0 Å². The molecule has 3 rings (SSSR count). The molecule has 0 unspecified atom stereocenters. The third kappa shape index (κ3) is 1.12. The van der Waals surface area contributed by atoms with Crippen molar-refractivity contribution < 1.29 is 4.42 Å². The average Bonchev–Trinajstić information content (AvgIpc) is 2.60. The van der Waals surface area contributed by atoms with Gasteiger partial charge in [-0.25, -0.2) is 0 Å². The summed E-state index contributed by atoms with van der Waals surface area (Å²) in [6.07, 6.45) is 0. The number of aryl methyl sites for hydroxylation is 2. The van der Waals surface area contributed by atoms with Crippen LogP contribution in [-0.2, 0) is 0 Å². The van der Waals surface area contributed by atoms with Gasteiger partial charge in [0.2, 0.25) is 0 Å². The third-order valence-electron chi connectivity index (χ3n) is 2.07. The third-order valence-corrected chi connectivity index (χ3v) is 7.13. The van der Waals surface area contributed by atoms with Crippen molar-refractivity contribution in [3.8, 4) is 0 Å². The fourth-order valence-electron chi connectivity index (χ4n) is 1.57. The maximum atomic E-state index is 5.79. The van der Waals surface area contributed by atoms with Crippen molar-refractivity contribution in [2.24, 2.45) is 0 Å². The van der Waals surface area contributed by atoms with Crippen molar-refractivity contribution in [2.45, 2.75) is 13.8 Å². The molecule has 3 heteroatoms. The Hall–Kier alpha value is -0.201. The van der Waals surface area contributed by atoms with Crippen molar-refractivity contribution in [3.63, 3.8) is 0 Å². The Morgan fingerprint density at radius 2 is 1.38 bits per heavy atom. The molecule has 3 heterocycles. The quantitative estimate of drug-likeness (QED) is 0.581. The van der Waals surface area contributed by atoms with E-state index in [2.05, 4.69) is 26.0 Å². The van der Waals surface area contributed by atoms with E-state index < -0.39 is 0 Å². The molecule has 0 aliphatic carbocycles. The van der Waals surface area contributed by atoms with Crippen LogP contribution >= 0.6 is 0 Å². The van der Waals surface area contributed by atoms with Gasteiger partial charge in [0.25, 0.3) is 0 Å². The Bertz CT molecular complexity index is 531. The van der Waals surface area contributed by atoms with E-state index in [4.69, 9.17) is 4.42 Å². The molecule has 0 aliphatic rings. The van der Waals surface area contributed by atoms with Crippen LogP contribution in [0.2, 0.25) is 0 Å². The van der Waals surface area contributed by atoms with E-state index >= 15 is 0 Å². The van der Waals surface area contributed by atoms with E-state index in [1.165, 1.54) is 17.4 Å². The second-order valence-corrected chi connectivity index (χ2v) is 8.47. The zero-order valence-corrected chi connectivity index (χ0v) is 10.8. The fraction of sp³-hybridized carbons (Fsp3) is 0.200. The first-order valence-corrected chi connectivity index (χ1v) is 7.56.